The number of benzene rings is 1. The van der Waals surface area contributed by atoms with Crippen molar-refractivity contribution in [2.75, 3.05) is 11.1 Å². The van der Waals surface area contributed by atoms with Gasteiger partial charge in [0, 0.05) is 23.2 Å². The van der Waals surface area contributed by atoms with Crippen molar-refractivity contribution in [3.63, 3.8) is 0 Å². The van der Waals surface area contributed by atoms with Gasteiger partial charge in [-0.25, -0.2) is 0 Å². The number of Topliss-reactive ketones (excluding diaryl/α,β-unsaturated/α-hetero) is 1. The van der Waals surface area contributed by atoms with Crippen molar-refractivity contribution < 1.29 is 9.59 Å². The summed E-state index contributed by atoms with van der Waals surface area (Å²) in [5.41, 5.74) is 1.32. The first-order chi connectivity index (χ1) is 14.0. The minimum atomic E-state index is -0.0874. The molecule has 0 spiro atoms. The summed E-state index contributed by atoms with van der Waals surface area (Å²) in [6, 6.07) is 11.5. The lowest BCUT2D eigenvalue weighted by Gasteiger charge is -2.09. The molecule has 1 aliphatic carbocycles. The highest BCUT2D eigenvalue weighted by molar-refractivity contribution is 7.99. The van der Waals surface area contributed by atoms with Crippen LogP contribution in [0.4, 0.5) is 5.69 Å². The Kier molecular flexibility index (Phi) is 5.82. The van der Waals surface area contributed by atoms with E-state index in [0.717, 1.165) is 28.7 Å². The van der Waals surface area contributed by atoms with Gasteiger partial charge in [0.15, 0.2) is 16.8 Å². The number of aromatic nitrogens is 3. The van der Waals surface area contributed by atoms with E-state index in [-0.39, 0.29) is 17.6 Å². The topological polar surface area (TPSA) is 76.9 Å². The molecule has 0 bridgehead atoms. The molecule has 1 N–H and O–H groups in total. The Morgan fingerprint density at radius 1 is 1.21 bits per heavy atom. The van der Waals surface area contributed by atoms with E-state index in [9.17, 15) is 9.59 Å². The van der Waals surface area contributed by atoms with Gasteiger partial charge in [0.2, 0.25) is 5.91 Å². The maximum Gasteiger partial charge on any atom is 0.226 e. The van der Waals surface area contributed by atoms with Gasteiger partial charge in [-0.1, -0.05) is 31.7 Å². The molecule has 1 aliphatic rings. The van der Waals surface area contributed by atoms with Crippen LogP contribution in [0.15, 0.2) is 46.9 Å². The lowest BCUT2D eigenvalue weighted by molar-refractivity contribution is -0.118. The van der Waals surface area contributed by atoms with E-state index >= 15 is 0 Å². The quantitative estimate of drug-likeness (QED) is 0.409. The van der Waals surface area contributed by atoms with Crippen molar-refractivity contribution in [2.45, 2.75) is 37.9 Å². The standard InChI is InChI=1S/C21H22N4O2S2/c1-13(2)20(27)22-15-7-5-14(6-8-15)17(26)12-29-21-24-23-19(18-4-3-11-28-18)25(21)16-9-10-16/h3-8,11,13,16H,9-10,12H2,1-2H3,(H,22,27). The highest BCUT2D eigenvalue weighted by Gasteiger charge is 2.30. The SMILES string of the molecule is CC(C)C(=O)Nc1ccc(C(=O)CSc2nnc(-c3cccs3)n2C2CC2)cc1. The summed E-state index contributed by atoms with van der Waals surface area (Å²) in [7, 11) is 0. The first-order valence-electron chi connectivity index (χ1n) is 9.58. The first-order valence-corrected chi connectivity index (χ1v) is 11.4. The third-order valence-corrected chi connectivity index (χ3v) is 6.46. The zero-order chi connectivity index (χ0) is 20.4. The molecular weight excluding hydrogens is 404 g/mol. The van der Waals surface area contributed by atoms with E-state index in [1.165, 1.54) is 11.8 Å². The monoisotopic (exact) mass is 426 g/mol. The number of hydrogen-bond donors (Lipinski definition) is 1. The second kappa shape index (κ2) is 8.51. The number of amides is 1. The summed E-state index contributed by atoms with van der Waals surface area (Å²) < 4.78 is 2.17. The molecule has 150 valence electrons. The average molecular weight is 427 g/mol. The van der Waals surface area contributed by atoms with Crippen LogP contribution in [0.1, 0.15) is 43.1 Å². The average Bonchev–Trinajstić information content (AvgIpc) is 3.24. The van der Waals surface area contributed by atoms with Crippen LogP contribution in [0, 0.1) is 5.92 Å². The first kappa shape index (κ1) is 19.8. The number of anilines is 1. The van der Waals surface area contributed by atoms with Gasteiger partial charge in [0.05, 0.1) is 10.6 Å². The third-order valence-electron chi connectivity index (χ3n) is 4.65. The van der Waals surface area contributed by atoms with Crippen molar-refractivity contribution in [3.05, 3.63) is 47.3 Å². The fourth-order valence-electron chi connectivity index (χ4n) is 2.85. The van der Waals surface area contributed by atoms with Crippen LogP contribution in [-0.4, -0.2) is 32.2 Å². The summed E-state index contributed by atoms with van der Waals surface area (Å²) in [4.78, 5) is 25.5. The zero-order valence-electron chi connectivity index (χ0n) is 16.3. The van der Waals surface area contributed by atoms with Gasteiger partial charge in [-0.05, 0) is 48.6 Å². The fraction of sp³-hybridized carbons (Fsp3) is 0.333. The lowest BCUT2D eigenvalue weighted by Crippen LogP contribution is -2.17. The Morgan fingerprint density at radius 3 is 2.59 bits per heavy atom. The number of thioether (sulfide) groups is 1. The van der Waals surface area contributed by atoms with E-state index in [1.807, 2.05) is 31.4 Å². The normalized spacial score (nSPS) is 13.6. The smallest absolute Gasteiger partial charge is 0.226 e. The number of thiophene rings is 1. The molecule has 2 aromatic heterocycles. The minimum Gasteiger partial charge on any atom is -0.326 e. The lowest BCUT2D eigenvalue weighted by atomic mass is 10.1. The molecule has 0 unspecified atom stereocenters. The van der Waals surface area contributed by atoms with Crippen LogP contribution in [0.25, 0.3) is 10.7 Å². The van der Waals surface area contributed by atoms with Gasteiger partial charge in [-0.2, -0.15) is 0 Å². The highest BCUT2D eigenvalue weighted by atomic mass is 32.2. The summed E-state index contributed by atoms with van der Waals surface area (Å²) in [5.74, 6) is 1.09. The summed E-state index contributed by atoms with van der Waals surface area (Å²) >= 11 is 3.08. The fourth-order valence-corrected chi connectivity index (χ4v) is 4.46. The van der Waals surface area contributed by atoms with E-state index < -0.39 is 0 Å². The van der Waals surface area contributed by atoms with E-state index in [1.54, 1.807) is 35.6 Å². The Balaban J connectivity index is 1.42. The Bertz CT molecular complexity index is 1010. The van der Waals surface area contributed by atoms with Gasteiger partial charge in [0.1, 0.15) is 0 Å². The van der Waals surface area contributed by atoms with Gasteiger partial charge in [0.25, 0.3) is 0 Å². The molecule has 1 saturated carbocycles. The van der Waals surface area contributed by atoms with Crippen LogP contribution in [-0.2, 0) is 4.79 Å². The molecule has 6 nitrogen and oxygen atoms in total. The van der Waals surface area contributed by atoms with Gasteiger partial charge >= 0.3 is 0 Å². The Labute approximate surface area is 177 Å². The van der Waals surface area contributed by atoms with Crippen LogP contribution >= 0.6 is 23.1 Å². The molecule has 2 heterocycles. The summed E-state index contributed by atoms with van der Waals surface area (Å²) in [5, 5.41) is 14.4. The van der Waals surface area contributed by atoms with Crippen LogP contribution in [0.2, 0.25) is 0 Å². The highest BCUT2D eigenvalue weighted by Crippen LogP contribution is 2.41. The second-order valence-electron chi connectivity index (χ2n) is 7.32. The maximum absolute atomic E-state index is 12.6. The van der Waals surface area contributed by atoms with Crippen molar-refractivity contribution >= 4 is 40.5 Å². The number of nitrogens with one attached hydrogen (secondary N) is 1. The zero-order valence-corrected chi connectivity index (χ0v) is 17.9. The molecule has 0 atom stereocenters. The third kappa shape index (κ3) is 4.59. The van der Waals surface area contributed by atoms with Crippen molar-refractivity contribution in [2.24, 2.45) is 5.92 Å². The van der Waals surface area contributed by atoms with Gasteiger partial charge < -0.3 is 5.32 Å². The van der Waals surface area contributed by atoms with Crippen LogP contribution < -0.4 is 5.32 Å². The molecule has 4 rings (SSSR count). The molecule has 0 aliphatic heterocycles. The number of carbonyl (C=O) groups excluding carboxylic acids is 2. The Hall–Kier alpha value is -2.45. The van der Waals surface area contributed by atoms with Crippen molar-refractivity contribution in [3.8, 4) is 10.7 Å². The molecule has 1 aromatic carbocycles. The number of nitrogens with zero attached hydrogens (tertiary/aromatic N) is 3. The van der Waals surface area contributed by atoms with Crippen molar-refractivity contribution in [1.29, 1.82) is 0 Å². The molecule has 29 heavy (non-hydrogen) atoms. The molecular formula is C21H22N4O2S2. The minimum absolute atomic E-state index is 0.0276. The molecule has 0 radical (unpaired) electrons. The number of hydrogen-bond acceptors (Lipinski definition) is 6. The molecule has 1 amide bonds. The molecule has 1 fully saturated rings. The predicted octanol–water partition coefficient (Wildman–Crippen LogP) is 4.91. The van der Waals surface area contributed by atoms with E-state index in [0.29, 0.717) is 23.0 Å². The summed E-state index contributed by atoms with van der Waals surface area (Å²) in [6.45, 7) is 3.68. The predicted molar refractivity (Wildman–Crippen MR) is 117 cm³/mol. The Morgan fingerprint density at radius 2 is 1.97 bits per heavy atom. The number of rotatable bonds is 8. The molecule has 8 heteroatoms. The maximum atomic E-state index is 12.6. The number of ketones is 1. The van der Waals surface area contributed by atoms with Gasteiger partial charge in [-0.15, -0.1) is 21.5 Å². The van der Waals surface area contributed by atoms with E-state index in [4.69, 9.17) is 0 Å². The molecule has 0 saturated heterocycles. The number of carbonyl (C=O) groups is 2. The second-order valence-corrected chi connectivity index (χ2v) is 9.21. The summed E-state index contributed by atoms with van der Waals surface area (Å²) in [6.07, 6.45) is 2.25. The van der Waals surface area contributed by atoms with Crippen LogP contribution in [0.3, 0.4) is 0 Å². The van der Waals surface area contributed by atoms with Crippen LogP contribution in [0.5, 0.6) is 0 Å². The molecule has 3 aromatic rings. The van der Waals surface area contributed by atoms with Gasteiger partial charge in [-0.3, -0.25) is 14.2 Å². The van der Waals surface area contributed by atoms with Crippen molar-refractivity contribution in [1.82, 2.24) is 14.8 Å². The van der Waals surface area contributed by atoms with E-state index in [2.05, 4.69) is 20.1 Å². The largest absolute Gasteiger partial charge is 0.326 e.